The first-order valence-electron chi connectivity index (χ1n) is 12.8. The van der Waals surface area contributed by atoms with Crippen molar-refractivity contribution < 1.29 is 32.6 Å². The zero-order chi connectivity index (χ0) is 27.1. The fourth-order valence-corrected chi connectivity index (χ4v) is 4.49. The first-order valence-corrected chi connectivity index (χ1v) is 12.8. The van der Waals surface area contributed by atoms with Crippen LogP contribution in [0.2, 0.25) is 0 Å². The smallest absolute Gasteiger partial charge is 0.409 e. The lowest BCUT2D eigenvalue weighted by Crippen LogP contribution is -2.31. The Labute approximate surface area is 217 Å². The summed E-state index contributed by atoms with van der Waals surface area (Å²) in [5, 5.41) is 0. The summed E-state index contributed by atoms with van der Waals surface area (Å²) >= 11 is 0. The second kappa shape index (κ2) is 12.8. The van der Waals surface area contributed by atoms with Gasteiger partial charge in [-0.15, -0.1) is 0 Å². The number of rotatable bonds is 9. The lowest BCUT2D eigenvalue weighted by molar-refractivity contribution is -0.154. The summed E-state index contributed by atoms with van der Waals surface area (Å²) in [6.45, 7) is 7.54. The van der Waals surface area contributed by atoms with Crippen LogP contribution in [-0.2, 0) is 20.9 Å². The van der Waals surface area contributed by atoms with Gasteiger partial charge in [0.05, 0.1) is 29.5 Å². The van der Waals surface area contributed by atoms with Crippen molar-refractivity contribution in [3.8, 4) is 17.0 Å². The molecule has 1 aromatic carbocycles. The molecule has 0 N–H and O–H groups in total. The largest absolute Gasteiger partial charge is 0.489 e. The van der Waals surface area contributed by atoms with Gasteiger partial charge in [-0.25, -0.2) is 18.6 Å². The molecule has 0 bridgehead atoms. The van der Waals surface area contributed by atoms with E-state index in [9.17, 15) is 18.4 Å². The number of hydrogen-bond donors (Lipinski definition) is 0. The van der Waals surface area contributed by atoms with E-state index in [4.69, 9.17) is 14.2 Å². The molecule has 0 radical (unpaired) electrons. The summed E-state index contributed by atoms with van der Waals surface area (Å²) in [7, 11) is 1.60. The van der Waals surface area contributed by atoms with E-state index in [0.29, 0.717) is 24.4 Å². The fourth-order valence-electron chi connectivity index (χ4n) is 4.49. The number of ether oxygens (including phenoxy) is 3. The minimum Gasteiger partial charge on any atom is -0.489 e. The molecule has 9 heteroatoms. The molecule has 1 saturated carbocycles. The summed E-state index contributed by atoms with van der Waals surface area (Å²) in [6, 6.07) is 5.22. The highest BCUT2D eigenvalue weighted by molar-refractivity contribution is 5.72. The van der Waals surface area contributed by atoms with Gasteiger partial charge < -0.3 is 19.1 Å². The minimum atomic E-state index is -0.799. The Morgan fingerprint density at radius 1 is 1.19 bits per heavy atom. The van der Waals surface area contributed by atoms with Gasteiger partial charge in [0.15, 0.2) is 0 Å². The van der Waals surface area contributed by atoms with E-state index in [2.05, 4.69) is 4.98 Å². The highest BCUT2D eigenvalue weighted by Crippen LogP contribution is 2.33. The molecule has 3 rings (SSSR count). The Morgan fingerprint density at radius 3 is 2.62 bits per heavy atom. The topological polar surface area (TPSA) is 78.0 Å². The average Bonchev–Trinajstić information content (AvgIpc) is 2.83. The molecule has 1 aromatic heterocycles. The zero-order valence-electron chi connectivity index (χ0n) is 22.2. The van der Waals surface area contributed by atoms with Gasteiger partial charge in [-0.1, -0.05) is 6.92 Å². The third kappa shape index (κ3) is 7.63. The monoisotopic (exact) mass is 518 g/mol. The Bertz CT molecular complexity index is 1110. The summed E-state index contributed by atoms with van der Waals surface area (Å²) in [5.74, 6) is -1.44. The average molecular weight is 519 g/mol. The molecule has 0 unspecified atom stereocenters. The molecule has 37 heavy (non-hydrogen) atoms. The number of esters is 1. The Hall–Kier alpha value is -3.23. The molecule has 2 atom stereocenters. The molecule has 7 nitrogen and oxygen atoms in total. The fraction of sp³-hybridized carbons (Fsp3) is 0.536. The van der Waals surface area contributed by atoms with Crippen LogP contribution in [-0.4, -0.2) is 47.7 Å². The van der Waals surface area contributed by atoms with Gasteiger partial charge in [0, 0.05) is 30.8 Å². The number of carbonyl (C=O) groups is 2. The van der Waals surface area contributed by atoms with E-state index >= 15 is 0 Å². The number of halogens is 2. The van der Waals surface area contributed by atoms with Crippen molar-refractivity contribution in [1.29, 1.82) is 0 Å². The van der Waals surface area contributed by atoms with Crippen molar-refractivity contribution in [3.05, 3.63) is 47.2 Å². The first kappa shape index (κ1) is 28.3. The standard InChI is InChI=1S/C28H36F2N2O5/c1-6-12-32(5)28(34)35-16-20-13-21(29)15-23(30)26(20)24-10-11-25(18(4)31-24)37-22-9-7-8-19(14-22)27(33)36-17(2)3/h10-11,13,15,17,19,22H,6-9,12,14,16H2,1-5H3/t19-,22-/m0/s1. The van der Waals surface area contributed by atoms with Crippen LogP contribution in [0.1, 0.15) is 64.1 Å². The molecule has 202 valence electrons. The van der Waals surface area contributed by atoms with Crippen LogP contribution < -0.4 is 4.74 Å². The number of hydrogen-bond acceptors (Lipinski definition) is 6. The van der Waals surface area contributed by atoms with Crippen LogP contribution in [0.3, 0.4) is 0 Å². The Kier molecular flexibility index (Phi) is 9.83. The van der Waals surface area contributed by atoms with E-state index in [0.717, 1.165) is 37.8 Å². The number of nitrogens with zero attached hydrogens (tertiary/aromatic N) is 2. The quantitative estimate of drug-likeness (QED) is 0.368. The molecule has 0 aliphatic heterocycles. The van der Waals surface area contributed by atoms with Gasteiger partial charge in [-0.3, -0.25) is 4.79 Å². The van der Waals surface area contributed by atoms with E-state index in [1.54, 1.807) is 26.1 Å². The van der Waals surface area contributed by atoms with Crippen molar-refractivity contribution in [2.45, 2.75) is 78.6 Å². The zero-order valence-corrected chi connectivity index (χ0v) is 22.2. The van der Waals surface area contributed by atoms with Crippen LogP contribution in [0.25, 0.3) is 11.3 Å². The van der Waals surface area contributed by atoms with Crippen molar-refractivity contribution in [2.75, 3.05) is 13.6 Å². The third-order valence-electron chi connectivity index (χ3n) is 6.26. The van der Waals surface area contributed by atoms with Crippen LogP contribution in [0.15, 0.2) is 24.3 Å². The molecule has 1 aliphatic carbocycles. The summed E-state index contributed by atoms with van der Waals surface area (Å²) in [5.41, 5.74) is 1.04. The second-order valence-corrected chi connectivity index (χ2v) is 9.77. The van der Waals surface area contributed by atoms with Gasteiger partial charge in [-0.2, -0.15) is 0 Å². The summed E-state index contributed by atoms with van der Waals surface area (Å²) in [4.78, 5) is 30.4. The number of benzene rings is 1. The third-order valence-corrected chi connectivity index (χ3v) is 6.26. The van der Waals surface area contributed by atoms with E-state index in [1.165, 1.54) is 4.90 Å². The number of amides is 1. The highest BCUT2D eigenvalue weighted by atomic mass is 19.1. The van der Waals surface area contributed by atoms with Crippen LogP contribution in [0.4, 0.5) is 13.6 Å². The second-order valence-electron chi connectivity index (χ2n) is 9.77. The van der Waals surface area contributed by atoms with Crippen LogP contribution >= 0.6 is 0 Å². The summed E-state index contributed by atoms with van der Waals surface area (Å²) < 4.78 is 45.8. The minimum absolute atomic E-state index is 0.0659. The normalized spacial score (nSPS) is 17.4. The lowest BCUT2D eigenvalue weighted by Gasteiger charge is -2.29. The number of pyridine rings is 1. The Morgan fingerprint density at radius 2 is 1.95 bits per heavy atom. The summed E-state index contributed by atoms with van der Waals surface area (Å²) in [6.07, 6.45) is 2.84. The van der Waals surface area contributed by atoms with Crippen molar-refractivity contribution >= 4 is 12.1 Å². The van der Waals surface area contributed by atoms with Gasteiger partial charge in [0.1, 0.15) is 24.0 Å². The molecular formula is C28H36F2N2O5. The molecule has 1 amide bonds. The maximum absolute atomic E-state index is 14.9. The van der Waals surface area contributed by atoms with Crippen LogP contribution in [0.5, 0.6) is 5.75 Å². The predicted octanol–water partition coefficient (Wildman–Crippen LogP) is 6.20. The molecule has 1 heterocycles. The van der Waals surface area contributed by atoms with Crippen molar-refractivity contribution in [2.24, 2.45) is 5.92 Å². The Balaban J connectivity index is 1.76. The van der Waals surface area contributed by atoms with Crippen LogP contribution in [0, 0.1) is 24.5 Å². The molecule has 1 fully saturated rings. The molecule has 0 spiro atoms. The van der Waals surface area contributed by atoms with Crippen molar-refractivity contribution in [1.82, 2.24) is 9.88 Å². The molecule has 2 aromatic rings. The number of aryl methyl sites for hydroxylation is 1. The number of carbonyl (C=O) groups excluding carboxylic acids is 2. The van der Waals surface area contributed by atoms with Crippen molar-refractivity contribution in [3.63, 3.8) is 0 Å². The van der Waals surface area contributed by atoms with Gasteiger partial charge in [0.25, 0.3) is 0 Å². The SMILES string of the molecule is CCCN(C)C(=O)OCc1cc(F)cc(F)c1-c1ccc(O[C@H]2CCC[C@H](C(=O)OC(C)C)C2)c(C)n1. The highest BCUT2D eigenvalue weighted by Gasteiger charge is 2.30. The van der Waals surface area contributed by atoms with Gasteiger partial charge in [-0.05, 0) is 71.1 Å². The maximum Gasteiger partial charge on any atom is 0.409 e. The molecular weight excluding hydrogens is 482 g/mol. The predicted molar refractivity (Wildman–Crippen MR) is 135 cm³/mol. The lowest BCUT2D eigenvalue weighted by atomic mass is 9.87. The van der Waals surface area contributed by atoms with Gasteiger partial charge >= 0.3 is 12.1 Å². The van der Waals surface area contributed by atoms with Gasteiger partial charge in [0.2, 0.25) is 0 Å². The van der Waals surface area contributed by atoms with E-state index < -0.39 is 17.7 Å². The molecule has 1 aliphatic rings. The van der Waals surface area contributed by atoms with E-state index in [1.807, 2.05) is 20.8 Å². The van der Waals surface area contributed by atoms with E-state index in [-0.39, 0.29) is 47.5 Å². The maximum atomic E-state index is 14.9. The molecule has 0 saturated heterocycles. The first-order chi connectivity index (χ1) is 17.6. The number of aromatic nitrogens is 1.